The van der Waals surface area contributed by atoms with Crippen molar-refractivity contribution in [2.75, 3.05) is 30.9 Å². The number of nitrogens with two attached hydrogens (primary N) is 1. The molecule has 1 rings (SSSR count). The molecule has 8 heteroatoms. The van der Waals surface area contributed by atoms with Crippen LogP contribution in [0.5, 0.6) is 0 Å². The van der Waals surface area contributed by atoms with Crippen LogP contribution in [0, 0.1) is 0 Å². The van der Waals surface area contributed by atoms with Crippen molar-refractivity contribution in [2.45, 2.75) is 12.5 Å². The van der Waals surface area contributed by atoms with Gasteiger partial charge in [-0.1, -0.05) is 23.2 Å². The van der Waals surface area contributed by atoms with E-state index in [1.165, 1.54) is 4.90 Å². The predicted molar refractivity (Wildman–Crippen MR) is 93.7 cm³/mol. The number of benzene rings is 1. The number of anilines is 1. The van der Waals surface area contributed by atoms with Gasteiger partial charge in [0.25, 0.3) is 0 Å². The number of thioether (sulfide) groups is 1. The van der Waals surface area contributed by atoms with Crippen molar-refractivity contribution in [1.29, 1.82) is 0 Å². The minimum atomic E-state index is -0.588. The highest BCUT2D eigenvalue weighted by Crippen LogP contribution is 2.24. The summed E-state index contributed by atoms with van der Waals surface area (Å²) in [6.07, 6.45) is 2.53. The molecule has 2 amide bonds. The average Bonchev–Trinajstić information content (AvgIpc) is 2.47. The van der Waals surface area contributed by atoms with E-state index in [4.69, 9.17) is 28.9 Å². The minimum Gasteiger partial charge on any atom is -0.335 e. The van der Waals surface area contributed by atoms with Gasteiger partial charge in [-0.05, 0) is 36.6 Å². The summed E-state index contributed by atoms with van der Waals surface area (Å²) in [5.74, 6) is 0.223. The van der Waals surface area contributed by atoms with Gasteiger partial charge >= 0.3 is 0 Å². The summed E-state index contributed by atoms with van der Waals surface area (Å²) in [7, 11) is 1.55. The van der Waals surface area contributed by atoms with Crippen LogP contribution in [-0.4, -0.2) is 48.4 Å². The van der Waals surface area contributed by atoms with Crippen LogP contribution >= 0.6 is 35.0 Å². The van der Waals surface area contributed by atoms with Crippen LogP contribution in [-0.2, 0) is 9.59 Å². The smallest absolute Gasteiger partial charge is 0.243 e. The number of rotatable bonds is 7. The number of nitrogens with zero attached hydrogens (tertiary/aromatic N) is 1. The lowest BCUT2D eigenvalue weighted by molar-refractivity contribution is -0.134. The van der Waals surface area contributed by atoms with Crippen LogP contribution in [0.1, 0.15) is 6.42 Å². The molecule has 0 saturated heterocycles. The average molecular weight is 364 g/mol. The summed E-state index contributed by atoms with van der Waals surface area (Å²) in [5.41, 5.74) is 6.32. The number of hydrogen-bond donors (Lipinski definition) is 2. The Kier molecular flexibility index (Phi) is 8.03. The van der Waals surface area contributed by atoms with Gasteiger partial charge < -0.3 is 16.0 Å². The highest BCUT2D eigenvalue weighted by molar-refractivity contribution is 7.98. The van der Waals surface area contributed by atoms with Crippen molar-refractivity contribution in [3.8, 4) is 0 Å². The largest absolute Gasteiger partial charge is 0.335 e. The highest BCUT2D eigenvalue weighted by Gasteiger charge is 2.19. The van der Waals surface area contributed by atoms with Crippen LogP contribution in [0.3, 0.4) is 0 Å². The van der Waals surface area contributed by atoms with E-state index in [2.05, 4.69) is 5.32 Å². The molecule has 1 atom stereocenters. The van der Waals surface area contributed by atoms with Crippen LogP contribution < -0.4 is 11.1 Å². The lowest BCUT2D eigenvalue weighted by Gasteiger charge is -2.20. The topological polar surface area (TPSA) is 75.4 Å². The quantitative estimate of drug-likeness (QED) is 0.780. The molecule has 22 heavy (non-hydrogen) atoms. The summed E-state index contributed by atoms with van der Waals surface area (Å²) in [6.45, 7) is -0.0773. The lowest BCUT2D eigenvalue weighted by Crippen LogP contribution is -2.45. The van der Waals surface area contributed by atoms with Gasteiger partial charge in [0.15, 0.2) is 0 Å². The maximum Gasteiger partial charge on any atom is 0.243 e. The second-order valence-electron chi connectivity index (χ2n) is 4.76. The Hall–Kier alpha value is -0.950. The molecule has 0 aliphatic carbocycles. The fraction of sp³-hybridized carbons (Fsp3) is 0.429. The third kappa shape index (κ3) is 6.04. The van der Waals surface area contributed by atoms with Gasteiger partial charge in [0, 0.05) is 12.7 Å². The van der Waals surface area contributed by atoms with Gasteiger partial charge in [-0.2, -0.15) is 11.8 Å². The molecule has 1 aromatic rings. The number of likely N-dealkylation sites (N-methyl/N-ethyl adjacent to an activating group) is 1. The van der Waals surface area contributed by atoms with Crippen molar-refractivity contribution in [3.63, 3.8) is 0 Å². The first-order chi connectivity index (χ1) is 10.3. The molecule has 3 N–H and O–H groups in total. The first-order valence-electron chi connectivity index (χ1n) is 6.59. The van der Waals surface area contributed by atoms with Crippen molar-refractivity contribution >= 4 is 52.5 Å². The molecule has 0 aliphatic rings. The number of nitrogens with one attached hydrogen (secondary N) is 1. The minimum absolute atomic E-state index is 0.0773. The molecular formula is C14H19Cl2N3O2S. The van der Waals surface area contributed by atoms with Crippen LogP contribution in [0.2, 0.25) is 10.0 Å². The SMILES string of the molecule is CSCCC(N)C(=O)N(C)CC(=O)Nc1ccc(Cl)c(Cl)c1. The number of hydrogen-bond acceptors (Lipinski definition) is 4. The predicted octanol–water partition coefficient (Wildman–Crippen LogP) is 2.47. The van der Waals surface area contributed by atoms with Gasteiger partial charge in [-0.3, -0.25) is 9.59 Å². The standard InChI is InChI=1S/C14H19Cl2N3O2S/c1-19(14(21)12(17)5-6-22-2)8-13(20)18-9-3-4-10(15)11(16)7-9/h3-4,7,12H,5-6,8,17H2,1-2H3,(H,18,20). The summed E-state index contributed by atoms with van der Waals surface area (Å²) in [6, 6.07) is 4.19. The van der Waals surface area contributed by atoms with E-state index in [1.807, 2.05) is 6.26 Å². The fourth-order valence-corrected chi connectivity index (χ4v) is 2.51. The Morgan fingerprint density at radius 3 is 2.64 bits per heavy atom. The zero-order valence-corrected chi connectivity index (χ0v) is 14.8. The van der Waals surface area contributed by atoms with Crippen molar-refractivity contribution in [2.24, 2.45) is 5.73 Å². The molecule has 1 unspecified atom stereocenters. The van der Waals surface area contributed by atoms with E-state index in [-0.39, 0.29) is 18.4 Å². The van der Waals surface area contributed by atoms with Crippen molar-refractivity contribution < 1.29 is 9.59 Å². The summed E-state index contributed by atoms with van der Waals surface area (Å²) < 4.78 is 0. The molecular weight excluding hydrogens is 345 g/mol. The van der Waals surface area contributed by atoms with E-state index in [0.717, 1.165) is 5.75 Å². The van der Waals surface area contributed by atoms with Gasteiger partial charge in [0.2, 0.25) is 11.8 Å². The van der Waals surface area contributed by atoms with Gasteiger partial charge in [-0.25, -0.2) is 0 Å². The molecule has 0 aliphatic heterocycles. The molecule has 1 aromatic carbocycles. The third-order valence-electron chi connectivity index (χ3n) is 2.91. The van der Waals surface area contributed by atoms with E-state index >= 15 is 0 Å². The number of amides is 2. The highest BCUT2D eigenvalue weighted by atomic mass is 35.5. The Morgan fingerprint density at radius 1 is 1.36 bits per heavy atom. The molecule has 0 fully saturated rings. The van der Waals surface area contributed by atoms with E-state index in [0.29, 0.717) is 22.2 Å². The molecule has 0 aromatic heterocycles. The van der Waals surface area contributed by atoms with Gasteiger partial charge in [0.1, 0.15) is 0 Å². The maximum absolute atomic E-state index is 12.0. The number of halogens is 2. The Morgan fingerprint density at radius 2 is 2.05 bits per heavy atom. The van der Waals surface area contributed by atoms with Crippen molar-refractivity contribution in [1.82, 2.24) is 4.90 Å². The van der Waals surface area contributed by atoms with E-state index in [9.17, 15) is 9.59 Å². The first-order valence-corrected chi connectivity index (χ1v) is 8.74. The number of carbonyl (C=O) groups excluding carboxylic acids is 2. The van der Waals surface area contributed by atoms with Gasteiger partial charge in [-0.15, -0.1) is 0 Å². The fourth-order valence-electron chi connectivity index (χ4n) is 1.72. The molecule has 5 nitrogen and oxygen atoms in total. The normalized spacial score (nSPS) is 11.9. The second kappa shape index (κ2) is 9.25. The Balaban J connectivity index is 2.53. The van der Waals surface area contributed by atoms with Crippen LogP contribution in [0.15, 0.2) is 18.2 Å². The van der Waals surface area contributed by atoms with Crippen molar-refractivity contribution in [3.05, 3.63) is 28.2 Å². The molecule has 0 heterocycles. The molecule has 0 saturated carbocycles. The molecule has 0 spiro atoms. The summed E-state index contributed by atoms with van der Waals surface area (Å²) in [5, 5.41) is 3.42. The van der Waals surface area contributed by atoms with Crippen LogP contribution in [0.25, 0.3) is 0 Å². The summed E-state index contributed by atoms with van der Waals surface area (Å²) >= 11 is 13.3. The first kappa shape index (κ1) is 19.1. The molecule has 0 radical (unpaired) electrons. The zero-order chi connectivity index (χ0) is 16.7. The third-order valence-corrected chi connectivity index (χ3v) is 4.29. The Bertz CT molecular complexity index is 543. The monoisotopic (exact) mass is 363 g/mol. The maximum atomic E-state index is 12.0. The van der Waals surface area contributed by atoms with Gasteiger partial charge in [0.05, 0.1) is 22.6 Å². The Labute approximate surface area is 144 Å². The second-order valence-corrected chi connectivity index (χ2v) is 6.56. The molecule has 0 bridgehead atoms. The van der Waals surface area contributed by atoms with Crippen LogP contribution in [0.4, 0.5) is 5.69 Å². The lowest BCUT2D eigenvalue weighted by atomic mass is 10.2. The summed E-state index contributed by atoms with van der Waals surface area (Å²) in [4.78, 5) is 25.3. The zero-order valence-electron chi connectivity index (χ0n) is 12.4. The molecule has 122 valence electrons. The van der Waals surface area contributed by atoms with E-state index in [1.54, 1.807) is 37.0 Å². The van der Waals surface area contributed by atoms with E-state index < -0.39 is 6.04 Å². The number of carbonyl (C=O) groups is 2.